The lowest BCUT2D eigenvalue weighted by molar-refractivity contribution is -0.121. The monoisotopic (exact) mass is 344 g/mol. The van der Waals surface area contributed by atoms with Crippen LogP contribution in [0.4, 0.5) is 0 Å². The standard InChI is InChI=1S/C18H17ClN2O3/c19-14-3-1-2-12(10-14)8-9-20-17(22)7-5-13-4-6-16-15(11-13)21-18(23)24-16/h1-4,6,10-11H,5,7-9H2,(H,20,22)(H,21,23). The van der Waals surface area contributed by atoms with Crippen molar-refractivity contribution in [2.45, 2.75) is 19.3 Å². The van der Waals surface area contributed by atoms with Crippen molar-refractivity contribution in [3.63, 3.8) is 0 Å². The lowest BCUT2D eigenvalue weighted by Gasteiger charge is -2.06. The molecule has 1 amide bonds. The van der Waals surface area contributed by atoms with E-state index >= 15 is 0 Å². The van der Waals surface area contributed by atoms with Gasteiger partial charge in [0.1, 0.15) is 0 Å². The molecule has 0 aliphatic rings. The van der Waals surface area contributed by atoms with E-state index in [1.54, 1.807) is 6.07 Å². The molecule has 2 N–H and O–H groups in total. The normalized spacial score (nSPS) is 10.9. The Morgan fingerprint density at radius 3 is 2.79 bits per heavy atom. The summed E-state index contributed by atoms with van der Waals surface area (Å²) in [4.78, 5) is 25.7. The van der Waals surface area contributed by atoms with Gasteiger partial charge in [-0.3, -0.25) is 9.78 Å². The maximum absolute atomic E-state index is 11.9. The minimum atomic E-state index is -0.471. The number of nitrogens with one attached hydrogen (secondary N) is 2. The quantitative estimate of drug-likeness (QED) is 0.721. The predicted octanol–water partition coefficient (Wildman–Crippen LogP) is 3.07. The fourth-order valence-corrected chi connectivity index (χ4v) is 2.75. The summed E-state index contributed by atoms with van der Waals surface area (Å²) in [6.07, 6.45) is 1.74. The zero-order chi connectivity index (χ0) is 16.9. The Hall–Kier alpha value is -2.53. The first kappa shape index (κ1) is 16.3. The molecule has 3 aromatic rings. The van der Waals surface area contributed by atoms with Crippen LogP contribution in [0.5, 0.6) is 0 Å². The summed E-state index contributed by atoms with van der Waals surface area (Å²) in [5.74, 6) is -0.473. The highest BCUT2D eigenvalue weighted by atomic mass is 35.5. The molecule has 0 unspecified atom stereocenters. The molecular formula is C18H17ClN2O3. The molecule has 1 heterocycles. The molecule has 1 aromatic heterocycles. The van der Waals surface area contributed by atoms with Crippen LogP contribution in [-0.4, -0.2) is 17.4 Å². The van der Waals surface area contributed by atoms with Gasteiger partial charge in [-0.2, -0.15) is 0 Å². The lowest BCUT2D eigenvalue weighted by Crippen LogP contribution is -2.25. The highest BCUT2D eigenvalue weighted by Gasteiger charge is 2.05. The smallest absolute Gasteiger partial charge is 0.408 e. The van der Waals surface area contributed by atoms with Crippen molar-refractivity contribution in [3.05, 3.63) is 69.2 Å². The van der Waals surface area contributed by atoms with Crippen LogP contribution in [0.3, 0.4) is 0 Å². The van der Waals surface area contributed by atoms with Crippen molar-refractivity contribution >= 4 is 28.6 Å². The van der Waals surface area contributed by atoms with Crippen LogP contribution >= 0.6 is 11.6 Å². The number of carbonyl (C=O) groups is 1. The van der Waals surface area contributed by atoms with Crippen LogP contribution in [-0.2, 0) is 17.6 Å². The molecule has 2 aromatic carbocycles. The molecule has 0 aliphatic carbocycles. The second kappa shape index (κ2) is 7.36. The molecule has 24 heavy (non-hydrogen) atoms. The van der Waals surface area contributed by atoms with Gasteiger partial charge >= 0.3 is 5.76 Å². The topological polar surface area (TPSA) is 75.1 Å². The van der Waals surface area contributed by atoms with Gasteiger partial charge in [0, 0.05) is 18.0 Å². The number of halogens is 1. The van der Waals surface area contributed by atoms with E-state index in [0.717, 1.165) is 17.5 Å². The first-order chi connectivity index (χ1) is 11.6. The minimum absolute atomic E-state index is 0.00203. The molecule has 124 valence electrons. The Morgan fingerprint density at radius 2 is 1.96 bits per heavy atom. The average molecular weight is 345 g/mol. The van der Waals surface area contributed by atoms with Crippen molar-refractivity contribution in [3.8, 4) is 0 Å². The molecule has 0 spiro atoms. The molecule has 0 saturated heterocycles. The number of aromatic nitrogens is 1. The first-order valence-electron chi connectivity index (χ1n) is 7.73. The Labute approximate surface area is 143 Å². The maximum Gasteiger partial charge on any atom is 0.417 e. The van der Waals surface area contributed by atoms with Crippen LogP contribution in [0.25, 0.3) is 11.1 Å². The number of hydrogen-bond donors (Lipinski definition) is 2. The summed E-state index contributed by atoms with van der Waals surface area (Å²) in [6, 6.07) is 13.0. The van der Waals surface area contributed by atoms with E-state index < -0.39 is 5.76 Å². The predicted molar refractivity (Wildman–Crippen MR) is 93.3 cm³/mol. The third-order valence-electron chi connectivity index (χ3n) is 3.75. The fourth-order valence-electron chi connectivity index (χ4n) is 2.54. The second-order valence-corrected chi connectivity index (χ2v) is 6.01. The first-order valence-corrected chi connectivity index (χ1v) is 8.11. The number of hydrogen-bond acceptors (Lipinski definition) is 3. The van der Waals surface area contributed by atoms with Gasteiger partial charge in [0.25, 0.3) is 0 Å². The number of benzene rings is 2. The number of amides is 1. The number of aryl methyl sites for hydroxylation is 1. The number of aromatic amines is 1. The summed E-state index contributed by atoms with van der Waals surface area (Å²) >= 11 is 5.93. The number of rotatable bonds is 6. The van der Waals surface area contributed by atoms with Gasteiger partial charge < -0.3 is 9.73 Å². The third kappa shape index (κ3) is 4.26. The molecule has 0 radical (unpaired) electrons. The maximum atomic E-state index is 11.9. The lowest BCUT2D eigenvalue weighted by atomic mass is 10.1. The summed E-state index contributed by atoms with van der Waals surface area (Å²) in [5.41, 5.74) is 3.25. The van der Waals surface area contributed by atoms with Crippen LogP contribution in [0.1, 0.15) is 17.5 Å². The molecule has 0 aliphatic heterocycles. The highest BCUT2D eigenvalue weighted by molar-refractivity contribution is 6.30. The molecule has 5 nitrogen and oxygen atoms in total. The van der Waals surface area contributed by atoms with E-state index in [4.69, 9.17) is 16.0 Å². The van der Waals surface area contributed by atoms with Crippen LogP contribution in [0.2, 0.25) is 5.02 Å². The summed E-state index contributed by atoms with van der Waals surface area (Å²) in [5, 5.41) is 3.60. The molecular weight excluding hydrogens is 328 g/mol. The van der Waals surface area contributed by atoms with E-state index in [-0.39, 0.29) is 5.91 Å². The van der Waals surface area contributed by atoms with E-state index in [9.17, 15) is 9.59 Å². The van der Waals surface area contributed by atoms with Gasteiger partial charge in [-0.15, -0.1) is 0 Å². The number of oxazole rings is 1. The molecule has 3 rings (SSSR count). The van der Waals surface area contributed by atoms with Crippen LogP contribution < -0.4 is 11.1 Å². The Morgan fingerprint density at radius 1 is 1.12 bits per heavy atom. The van der Waals surface area contributed by atoms with Crippen LogP contribution in [0, 0.1) is 0 Å². The number of H-pyrrole nitrogens is 1. The van der Waals surface area contributed by atoms with Gasteiger partial charge in [0.15, 0.2) is 5.58 Å². The number of fused-ring (bicyclic) bond motifs is 1. The van der Waals surface area contributed by atoms with E-state index in [1.165, 1.54) is 0 Å². The molecule has 0 atom stereocenters. The van der Waals surface area contributed by atoms with E-state index in [0.29, 0.717) is 35.5 Å². The Balaban J connectivity index is 1.47. The van der Waals surface area contributed by atoms with Gasteiger partial charge in [0.2, 0.25) is 5.91 Å². The third-order valence-corrected chi connectivity index (χ3v) is 3.98. The van der Waals surface area contributed by atoms with E-state index in [1.807, 2.05) is 36.4 Å². The SMILES string of the molecule is O=C(CCc1ccc2oc(=O)[nH]c2c1)NCCc1cccc(Cl)c1. The fraction of sp³-hybridized carbons (Fsp3) is 0.222. The minimum Gasteiger partial charge on any atom is -0.408 e. The summed E-state index contributed by atoms with van der Waals surface area (Å²) in [7, 11) is 0. The van der Waals surface area contributed by atoms with Crippen molar-refractivity contribution in [2.24, 2.45) is 0 Å². The average Bonchev–Trinajstić information content (AvgIpc) is 2.92. The van der Waals surface area contributed by atoms with Crippen molar-refractivity contribution in [2.75, 3.05) is 6.54 Å². The summed E-state index contributed by atoms with van der Waals surface area (Å²) in [6.45, 7) is 0.577. The molecule has 6 heteroatoms. The van der Waals surface area contributed by atoms with Crippen molar-refractivity contribution in [1.29, 1.82) is 0 Å². The van der Waals surface area contributed by atoms with Crippen molar-refractivity contribution in [1.82, 2.24) is 10.3 Å². The number of carbonyl (C=O) groups excluding carboxylic acids is 1. The second-order valence-electron chi connectivity index (χ2n) is 5.57. The van der Waals surface area contributed by atoms with Gasteiger partial charge in [-0.05, 0) is 48.2 Å². The van der Waals surface area contributed by atoms with Gasteiger partial charge in [0.05, 0.1) is 5.52 Å². The molecule has 0 bridgehead atoms. The largest absolute Gasteiger partial charge is 0.417 e. The highest BCUT2D eigenvalue weighted by Crippen LogP contribution is 2.14. The van der Waals surface area contributed by atoms with Crippen molar-refractivity contribution < 1.29 is 9.21 Å². The Bertz CT molecular complexity index is 914. The van der Waals surface area contributed by atoms with Gasteiger partial charge in [-0.25, -0.2) is 4.79 Å². The zero-order valence-electron chi connectivity index (χ0n) is 13.0. The summed E-state index contributed by atoms with van der Waals surface area (Å²) < 4.78 is 4.95. The van der Waals surface area contributed by atoms with Gasteiger partial charge in [-0.1, -0.05) is 29.8 Å². The molecule has 0 saturated carbocycles. The molecule has 0 fully saturated rings. The Kier molecular flexibility index (Phi) is 5.01. The zero-order valence-corrected chi connectivity index (χ0v) is 13.7. The van der Waals surface area contributed by atoms with E-state index in [2.05, 4.69) is 10.3 Å². The van der Waals surface area contributed by atoms with Crippen LogP contribution in [0.15, 0.2) is 51.7 Å².